The minimum Gasteiger partial charge on any atom is -0.381 e. The summed E-state index contributed by atoms with van der Waals surface area (Å²) in [6.45, 7) is 4.31. The van der Waals surface area contributed by atoms with Crippen LogP contribution in [0, 0.1) is 0 Å². The summed E-state index contributed by atoms with van der Waals surface area (Å²) in [4.78, 5) is 21.5. The number of morpholine rings is 1. The van der Waals surface area contributed by atoms with Crippen LogP contribution in [0.5, 0.6) is 0 Å². The molecular weight excluding hydrogens is 422 g/mol. The second-order valence-corrected chi connectivity index (χ2v) is 8.35. The minimum atomic E-state index is 0.341. The van der Waals surface area contributed by atoms with Gasteiger partial charge in [-0.25, -0.2) is 15.0 Å². The molecule has 10 heteroatoms. The van der Waals surface area contributed by atoms with Gasteiger partial charge in [0.1, 0.15) is 5.82 Å². The molecule has 1 aromatic carbocycles. The summed E-state index contributed by atoms with van der Waals surface area (Å²) < 4.78 is 18.7. The van der Waals surface area contributed by atoms with E-state index in [0.29, 0.717) is 36.7 Å². The van der Waals surface area contributed by atoms with Crippen LogP contribution < -0.4 is 4.90 Å². The second-order valence-electron chi connectivity index (χ2n) is 8.35. The van der Waals surface area contributed by atoms with E-state index in [2.05, 4.69) is 19.6 Å². The number of fused-ring (bicyclic) bond motifs is 1. The summed E-state index contributed by atoms with van der Waals surface area (Å²) in [5.74, 6) is 3.38. The van der Waals surface area contributed by atoms with Crippen LogP contribution in [0.2, 0.25) is 0 Å². The fraction of sp³-hybridized carbons (Fsp3) is 0.435. The lowest BCUT2D eigenvalue weighted by Crippen LogP contribution is -2.37. The van der Waals surface area contributed by atoms with Crippen molar-refractivity contribution in [3.05, 3.63) is 36.2 Å². The van der Waals surface area contributed by atoms with Gasteiger partial charge in [-0.1, -0.05) is 23.4 Å². The quantitative estimate of drug-likeness (QED) is 0.467. The highest BCUT2D eigenvalue weighted by Gasteiger charge is 2.27. The van der Waals surface area contributed by atoms with Gasteiger partial charge in [0.25, 0.3) is 5.89 Å². The Morgan fingerprint density at radius 2 is 1.61 bits per heavy atom. The third kappa shape index (κ3) is 3.75. The molecule has 0 saturated carbocycles. The number of imidazole rings is 1. The minimum absolute atomic E-state index is 0.341. The Balaban J connectivity index is 1.47. The van der Waals surface area contributed by atoms with E-state index in [1.165, 1.54) is 0 Å². The molecule has 0 radical (unpaired) electrons. The van der Waals surface area contributed by atoms with Crippen molar-refractivity contribution in [2.45, 2.75) is 18.8 Å². The molecule has 33 heavy (non-hydrogen) atoms. The molecule has 4 aromatic rings. The lowest BCUT2D eigenvalue weighted by atomic mass is 10.00. The van der Waals surface area contributed by atoms with Crippen LogP contribution in [0.3, 0.4) is 0 Å². The lowest BCUT2D eigenvalue weighted by Gasteiger charge is -2.27. The van der Waals surface area contributed by atoms with E-state index in [1.54, 1.807) is 0 Å². The van der Waals surface area contributed by atoms with Crippen molar-refractivity contribution in [1.29, 1.82) is 0 Å². The predicted octanol–water partition coefficient (Wildman–Crippen LogP) is 2.81. The smallest absolute Gasteiger partial charge is 0.258 e. The summed E-state index contributed by atoms with van der Waals surface area (Å²) in [5, 5.41) is 4.18. The summed E-state index contributed by atoms with van der Waals surface area (Å²) >= 11 is 0. The van der Waals surface area contributed by atoms with Crippen LogP contribution in [-0.2, 0) is 16.5 Å². The lowest BCUT2D eigenvalue weighted by molar-refractivity contribution is 0.0831. The van der Waals surface area contributed by atoms with E-state index in [-0.39, 0.29) is 0 Å². The molecule has 3 aromatic heterocycles. The van der Waals surface area contributed by atoms with Crippen LogP contribution in [0.4, 0.5) is 5.82 Å². The number of aryl methyl sites for hydroxylation is 1. The SMILES string of the molecule is Cn1c(C2CCOCC2)nc2c(N3CCOCC3)nc(-c3noc(-c4ccccc4)n3)nc21. The predicted molar refractivity (Wildman–Crippen MR) is 121 cm³/mol. The Morgan fingerprint density at radius 1 is 0.848 bits per heavy atom. The maximum Gasteiger partial charge on any atom is 0.258 e. The van der Waals surface area contributed by atoms with Crippen molar-refractivity contribution < 1.29 is 14.0 Å². The van der Waals surface area contributed by atoms with Crippen molar-refractivity contribution in [3.8, 4) is 23.1 Å². The van der Waals surface area contributed by atoms with Gasteiger partial charge in [-0.3, -0.25) is 0 Å². The Bertz CT molecular complexity index is 1260. The maximum absolute atomic E-state index is 5.56. The number of hydrogen-bond acceptors (Lipinski definition) is 9. The molecule has 5 heterocycles. The van der Waals surface area contributed by atoms with E-state index in [9.17, 15) is 0 Å². The van der Waals surface area contributed by atoms with Crippen LogP contribution in [-0.4, -0.2) is 69.2 Å². The van der Waals surface area contributed by atoms with E-state index in [1.807, 2.05) is 37.4 Å². The number of anilines is 1. The molecule has 10 nitrogen and oxygen atoms in total. The molecule has 0 atom stereocenters. The molecule has 6 rings (SSSR count). The van der Waals surface area contributed by atoms with Gasteiger partial charge in [-0.05, 0) is 25.0 Å². The molecule has 2 fully saturated rings. The fourth-order valence-corrected chi connectivity index (χ4v) is 4.49. The largest absolute Gasteiger partial charge is 0.381 e. The standard InChI is InChI=1S/C23H25N7O3/c1-29-20(15-7-11-31-12-8-15)24-17-21(29)25-18(26-22(17)30-9-13-32-14-10-30)19-27-23(33-28-19)16-5-3-2-4-6-16/h2-6,15H,7-14H2,1H3. The van der Waals surface area contributed by atoms with Gasteiger partial charge in [0.15, 0.2) is 17.0 Å². The Kier molecular flexibility index (Phi) is 5.23. The molecule has 0 unspecified atom stereocenters. The second kappa shape index (κ2) is 8.53. The van der Waals surface area contributed by atoms with E-state index in [0.717, 1.165) is 67.5 Å². The molecule has 0 N–H and O–H groups in total. The summed E-state index contributed by atoms with van der Waals surface area (Å²) in [6.07, 6.45) is 1.91. The van der Waals surface area contributed by atoms with Gasteiger partial charge < -0.3 is 23.5 Å². The number of benzene rings is 1. The van der Waals surface area contributed by atoms with Gasteiger partial charge in [-0.2, -0.15) is 4.98 Å². The third-order valence-corrected chi connectivity index (χ3v) is 6.28. The number of rotatable bonds is 4. The molecule has 2 aliphatic heterocycles. The Morgan fingerprint density at radius 3 is 2.39 bits per heavy atom. The molecule has 170 valence electrons. The molecule has 0 spiro atoms. The number of hydrogen-bond donors (Lipinski definition) is 0. The number of nitrogens with zero attached hydrogens (tertiary/aromatic N) is 7. The first-order valence-corrected chi connectivity index (χ1v) is 11.3. The highest BCUT2D eigenvalue weighted by molar-refractivity contribution is 5.86. The van der Waals surface area contributed by atoms with Gasteiger partial charge in [0, 0.05) is 44.8 Å². The van der Waals surface area contributed by atoms with Gasteiger partial charge in [-0.15, -0.1) is 0 Å². The van der Waals surface area contributed by atoms with Crippen LogP contribution in [0.15, 0.2) is 34.9 Å². The summed E-state index contributed by atoms with van der Waals surface area (Å²) in [7, 11) is 2.02. The zero-order chi connectivity index (χ0) is 22.2. The van der Waals surface area contributed by atoms with Gasteiger partial charge in [0.05, 0.1) is 13.2 Å². The topological polar surface area (TPSA) is 104 Å². The van der Waals surface area contributed by atoms with E-state index < -0.39 is 0 Å². The molecular formula is C23H25N7O3. The molecule has 2 aliphatic rings. The first-order valence-electron chi connectivity index (χ1n) is 11.3. The van der Waals surface area contributed by atoms with Crippen molar-refractivity contribution in [3.63, 3.8) is 0 Å². The molecule has 0 aliphatic carbocycles. The highest BCUT2D eigenvalue weighted by atomic mass is 16.5. The fourth-order valence-electron chi connectivity index (χ4n) is 4.49. The van der Waals surface area contributed by atoms with Crippen molar-refractivity contribution >= 4 is 17.0 Å². The van der Waals surface area contributed by atoms with E-state index in [4.69, 9.17) is 28.9 Å². The van der Waals surface area contributed by atoms with Crippen molar-refractivity contribution in [2.24, 2.45) is 7.05 Å². The maximum atomic E-state index is 5.56. The Hall–Kier alpha value is -3.37. The summed E-state index contributed by atoms with van der Waals surface area (Å²) in [5.41, 5.74) is 2.43. The van der Waals surface area contributed by atoms with Crippen LogP contribution in [0.25, 0.3) is 34.3 Å². The molecule has 2 saturated heterocycles. The number of aromatic nitrogens is 6. The molecule has 0 bridgehead atoms. The summed E-state index contributed by atoms with van der Waals surface area (Å²) in [6, 6.07) is 9.69. The van der Waals surface area contributed by atoms with E-state index >= 15 is 0 Å². The average molecular weight is 447 g/mol. The van der Waals surface area contributed by atoms with Crippen LogP contribution >= 0.6 is 0 Å². The Labute approximate surface area is 190 Å². The third-order valence-electron chi connectivity index (χ3n) is 6.28. The van der Waals surface area contributed by atoms with Crippen LogP contribution in [0.1, 0.15) is 24.6 Å². The average Bonchev–Trinajstić information content (AvgIpc) is 3.51. The first kappa shape index (κ1) is 20.3. The van der Waals surface area contributed by atoms with Crippen molar-refractivity contribution in [2.75, 3.05) is 44.4 Å². The zero-order valence-electron chi connectivity index (χ0n) is 18.5. The van der Waals surface area contributed by atoms with Gasteiger partial charge >= 0.3 is 0 Å². The first-order chi connectivity index (χ1) is 16.3. The molecule has 0 amide bonds. The monoisotopic (exact) mass is 447 g/mol. The van der Waals surface area contributed by atoms with Gasteiger partial charge in [0.2, 0.25) is 11.6 Å². The highest BCUT2D eigenvalue weighted by Crippen LogP contribution is 2.33. The normalized spacial score (nSPS) is 17.7. The zero-order valence-corrected chi connectivity index (χ0v) is 18.5. The van der Waals surface area contributed by atoms with Crippen molar-refractivity contribution in [1.82, 2.24) is 29.7 Å². The number of ether oxygens (including phenoxy) is 2.